The summed E-state index contributed by atoms with van der Waals surface area (Å²) >= 11 is 0. The van der Waals surface area contributed by atoms with Crippen LogP contribution >= 0.6 is 0 Å². The van der Waals surface area contributed by atoms with Gasteiger partial charge in [-0.3, -0.25) is 4.79 Å². The number of amides is 1. The van der Waals surface area contributed by atoms with Gasteiger partial charge in [0.2, 0.25) is 11.7 Å². The van der Waals surface area contributed by atoms with Crippen LogP contribution in [0.15, 0.2) is 66.7 Å². The summed E-state index contributed by atoms with van der Waals surface area (Å²) in [5.41, 5.74) is 9.82. The third-order valence-corrected chi connectivity index (χ3v) is 5.13. The Balaban J connectivity index is 1.65. The number of carbonyl (C=O) groups excluding carboxylic acids is 1. The van der Waals surface area contributed by atoms with E-state index in [1.54, 1.807) is 39.5 Å². The van der Waals surface area contributed by atoms with Crippen molar-refractivity contribution in [1.82, 2.24) is 0 Å². The number of hydrogen-bond donors (Lipinski definition) is 3. The quantitative estimate of drug-likeness (QED) is 0.311. The second kappa shape index (κ2) is 10.9. The number of para-hydroxylation sites is 2. The van der Waals surface area contributed by atoms with E-state index in [0.29, 0.717) is 28.6 Å². The van der Waals surface area contributed by atoms with Crippen LogP contribution in [0.25, 0.3) is 6.08 Å². The summed E-state index contributed by atoms with van der Waals surface area (Å²) in [5, 5.41) is 6.23. The van der Waals surface area contributed by atoms with Crippen LogP contribution in [-0.2, 0) is 4.79 Å². The summed E-state index contributed by atoms with van der Waals surface area (Å²) in [6.07, 6.45) is 3.24. The number of ether oxygens (including phenoxy) is 3. The molecule has 1 atom stereocenters. The Morgan fingerprint density at radius 2 is 1.58 bits per heavy atom. The van der Waals surface area contributed by atoms with Crippen LogP contribution in [0.3, 0.4) is 0 Å². The Morgan fingerprint density at radius 3 is 2.15 bits per heavy atom. The van der Waals surface area contributed by atoms with Gasteiger partial charge >= 0.3 is 0 Å². The molecular formula is C26H29N3O4. The zero-order valence-corrected chi connectivity index (χ0v) is 19.2. The van der Waals surface area contributed by atoms with Gasteiger partial charge in [-0.2, -0.15) is 0 Å². The fourth-order valence-electron chi connectivity index (χ4n) is 3.35. The van der Waals surface area contributed by atoms with E-state index in [1.807, 2.05) is 48.5 Å². The number of hydrogen-bond acceptors (Lipinski definition) is 6. The number of nitrogen functional groups attached to an aromatic ring is 1. The minimum Gasteiger partial charge on any atom is -0.493 e. The maximum Gasteiger partial charge on any atom is 0.248 e. The summed E-state index contributed by atoms with van der Waals surface area (Å²) in [4.78, 5) is 12.2. The zero-order chi connectivity index (χ0) is 23.8. The van der Waals surface area contributed by atoms with Crippen LogP contribution in [0.5, 0.6) is 17.2 Å². The average molecular weight is 448 g/mol. The molecular weight excluding hydrogens is 418 g/mol. The van der Waals surface area contributed by atoms with Gasteiger partial charge in [-0.1, -0.05) is 36.4 Å². The number of nitrogens with one attached hydrogen (secondary N) is 2. The van der Waals surface area contributed by atoms with Crippen LogP contribution in [0.1, 0.15) is 24.1 Å². The Kier molecular flexibility index (Phi) is 7.81. The van der Waals surface area contributed by atoms with Crippen molar-refractivity contribution < 1.29 is 19.0 Å². The molecule has 0 bridgehead atoms. The lowest BCUT2D eigenvalue weighted by Gasteiger charge is -2.19. The first-order valence-electron chi connectivity index (χ1n) is 10.4. The highest BCUT2D eigenvalue weighted by atomic mass is 16.5. The van der Waals surface area contributed by atoms with Crippen molar-refractivity contribution in [2.75, 3.05) is 37.7 Å². The molecule has 0 spiro atoms. The number of nitrogens with two attached hydrogens (primary N) is 1. The Morgan fingerprint density at radius 1 is 0.939 bits per heavy atom. The van der Waals surface area contributed by atoms with Gasteiger partial charge < -0.3 is 30.6 Å². The van der Waals surface area contributed by atoms with Crippen LogP contribution in [0, 0.1) is 0 Å². The molecule has 0 radical (unpaired) electrons. The Hall–Kier alpha value is -4.13. The monoisotopic (exact) mass is 447 g/mol. The van der Waals surface area contributed by atoms with Gasteiger partial charge in [0.15, 0.2) is 11.5 Å². The van der Waals surface area contributed by atoms with Gasteiger partial charge in [0.05, 0.1) is 32.7 Å². The van der Waals surface area contributed by atoms with E-state index in [2.05, 4.69) is 17.6 Å². The minimum atomic E-state index is -0.241. The SMILES string of the molecule is COc1cc(NC(C)c2ccc(/C=C/C(=O)Nc3ccccc3N)cc2)cc(OC)c1OC. The summed E-state index contributed by atoms with van der Waals surface area (Å²) in [5.74, 6) is 1.48. The highest BCUT2D eigenvalue weighted by Crippen LogP contribution is 2.40. The van der Waals surface area contributed by atoms with Gasteiger partial charge in [-0.25, -0.2) is 0 Å². The highest BCUT2D eigenvalue weighted by Gasteiger charge is 2.14. The lowest BCUT2D eigenvalue weighted by atomic mass is 10.1. The van der Waals surface area contributed by atoms with E-state index in [0.717, 1.165) is 16.8 Å². The molecule has 0 saturated heterocycles. The number of anilines is 3. The minimum absolute atomic E-state index is 0.0233. The number of carbonyl (C=O) groups is 1. The van der Waals surface area contributed by atoms with Crippen LogP contribution in [0.4, 0.5) is 17.1 Å². The van der Waals surface area contributed by atoms with Gasteiger partial charge in [-0.05, 0) is 36.3 Å². The lowest BCUT2D eigenvalue weighted by Crippen LogP contribution is -2.09. The molecule has 0 heterocycles. The first kappa shape index (κ1) is 23.5. The molecule has 0 aliphatic carbocycles. The van der Waals surface area contributed by atoms with Crippen molar-refractivity contribution in [2.24, 2.45) is 0 Å². The molecule has 0 fully saturated rings. The van der Waals surface area contributed by atoms with E-state index >= 15 is 0 Å². The van der Waals surface area contributed by atoms with Gasteiger partial charge in [0.25, 0.3) is 0 Å². The van der Waals surface area contributed by atoms with Crippen molar-refractivity contribution in [3.8, 4) is 17.2 Å². The lowest BCUT2D eigenvalue weighted by molar-refractivity contribution is -0.111. The molecule has 3 aromatic rings. The van der Waals surface area contributed by atoms with E-state index < -0.39 is 0 Å². The van der Waals surface area contributed by atoms with Crippen molar-refractivity contribution in [2.45, 2.75) is 13.0 Å². The summed E-state index contributed by atoms with van der Waals surface area (Å²) in [6.45, 7) is 2.06. The predicted molar refractivity (Wildman–Crippen MR) is 133 cm³/mol. The normalized spacial score (nSPS) is 11.6. The number of rotatable bonds is 9. The first-order chi connectivity index (χ1) is 15.9. The maximum atomic E-state index is 12.2. The molecule has 172 valence electrons. The molecule has 0 saturated carbocycles. The maximum absolute atomic E-state index is 12.2. The fourth-order valence-corrected chi connectivity index (χ4v) is 3.35. The van der Waals surface area contributed by atoms with E-state index in [1.165, 1.54) is 6.08 Å². The molecule has 4 N–H and O–H groups in total. The topological polar surface area (TPSA) is 94.8 Å². The van der Waals surface area contributed by atoms with Gasteiger partial charge in [0, 0.05) is 29.9 Å². The van der Waals surface area contributed by atoms with Crippen molar-refractivity contribution in [3.63, 3.8) is 0 Å². The molecule has 7 nitrogen and oxygen atoms in total. The average Bonchev–Trinajstić information content (AvgIpc) is 2.83. The molecule has 1 unspecified atom stereocenters. The second-order valence-electron chi connectivity index (χ2n) is 7.36. The third-order valence-electron chi connectivity index (χ3n) is 5.13. The third kappa shape index (κ3) is 5.98. The molecule has 3 rings (SSSR count). The van der Waals surface area contributed by atoms with Crippen LogP contribution in [-0.4, -0.2) is 27.2 Å². The van der Waals surface area contributed by atoms with Crippen LogP contribution in [0.2, 0.25) is 0 Å². The van der Waals surface area contributed by atoms with Crippen molar-refractivity contribution in [3.05, 3.63) is 77.9 Å². The van der Waals surface area contributed by atoms with Gasteiger partial charge in [0.1, 0.15) is 0 Å². The summed E-state index contributed by atoms with van der Waals surface area (Å²) < 4.78 is 16.2. The van der Waals surface area contributed by atoms with E-state index in [9.17, 15) is 4.79 Å². The largest absolute Gasteiger partial charge is 0.493 e. The number of methoxy groups -OCH3 is 3. The van der Waals surface area contributed by atoms with Crippen LogP contribution < -0.4 is 30.6 Å². The summed E-state index contributed by atoms with van der Waals surface area (Å²) in [7, 11) is 4.75. The molecule has 0 aromatic heterocycles. The van der Waals surface area contributed by atoms with Crippen molar-refractivity contribution in [1.29, 1.82) is 0 Å². The Labute approximate surface area is 194 Å². The van der Waals surface area contributed by atoms with E-state index in [-0.39, 0.29) is 11.9 Å². The zero-order valence-electron chi connectivity index (χ0n) is 19.2. The number of benzene rings is 3. The highest BCUT2D eigenvalue weighted by molar-refractivity contribution is 6.03. The van der Waals surface area contributed by atoms with Crippen molar-refractivity contribution >= 4 is 29.0 Å². The first-order valence-corrected chi connectivity index (χ1v) is 10.4. The smallest absolute Gasteiger partial charge is 0.248 e. The predicted octanol–water partition coefficient (Wildman–Crippen LogP) is 5.12. The molecule has 1 amide bonds. The fraction of sp³-hybridized carbons (Fsp3) is 0.192. The molecule has 0 aliphatic heterocycles. The van der Waals surface area contributed by atoms with E-state index in [4.69, 9.17) is 19.9 Å². The molecule has 33 heavy (non-hydrogen) atoms. The van der Waals surface area contributed by atoms with Gasteiger partial charge in [-0.15, -0.1) is 0 Å². The molecule has 7 heteroatoms. The molecule has 3 aromatic carbocycles. The second-order valence-corrected chi connectivity index (χ2v) is 7.36. The standard InChI is InChI=1S/C26H29N3O4/c1-17(28-20-15-23(31-2)26(33-4)24(16-20)32-3)19-12-9-18(10-13-19)11-14-25(30)29-22-8-6-5-7-21(22)27/h5-17,28H,27H2,1-4H3,(H,29,30)/b14-11+. The summed E-state index contributed by atoms with van der Waals surface area (Å²) in [6, 6.07) is 18.9. The Bertz CT molecular complexity index is 1100. The molecule has 0 aliphatic rings.